The molecule has 5 heteroatoms. The number of carboxylic acid groups (broad SMARTS) is 1. The molecule has 0 spiro atoms. The fourth-order valence-corrected chi connectivity index (χ4v) is 5.29. The molecule has 1 aliphatic heterocycles. The third-order valence-corrected chi connectivity index (χ3v) is 7.02. The van der Waals surface area contributed by atoms with Gasteiger partial charge >= 0.3 is 5.97 Å². The van der Waals surface area contributed by atoms with Gasteiger partial charge in [0.25, 0.3) is 0 Å². The first-order valence-electron chi connectivity index (χ1n) is 11.3. The predicted molar refractivity (Wildman–Crippen MR) is 122 cm³/mol. The van der Waals surface area contributed by atoms with Gasteiger partial charge in [-0.05, 0) is 80.0 Å². The number of aromatic carboxylic acids is 1. The molecule has 0 radical (unpaired) electrons. The van der Waals surface area contributed by atoms with Gasteiger partial charge < -0.3 is 14.8 Å². The first kappa shape index (κ1) is 20.1. The Hall–Kier alpha value is -2.79. The smallest absolute Gasteiger partial charge is 0.335 e. The fraction of sp³-hybridized carbons (Fsp3) is 0.423. The minimum Gasteiger partial charge on any atom is -0.496 e. The molecule has 1 saturated carbocycles. The van der Waals surface area contributed by atoms with E-state index in [0.29, 0.717) is 11.7 Å². The van der Waals surface area contributed by atoms with Crippen molar-refractivity contribution in [3.8, 4) is 5.75 Å². The van der Waals surface area contributed by atoms with Gasteiger partial charge in [-0.25, -0.2) is 4.79 Å². The van der Waals surface area contributed by atoms with E-state index < -0.39 is 5.97 Å². The molecule has 31 heavy (non-hydrogen) atoms. The Morgan fingerprint density at radius 1 is 1.16 bits per heavy atom. The first-order valence-corrected chi connectivity index (χ1v) is 11.3. The van der Waals surface area contributed by atoms with Crippen LogP contribution in [0.1, 0.15) is 76.7 Å². The summed E-state index contributed by atoms with van der Waals surface area (Å²) in [6.07, 6.45) is 8.05. The van der Waals surface area contributed by atoms with Crippen LogP contribution in [0.5, 0.6) is 5.75 Å². The first-order chi connectivity index (χ1) is 15.1. The molecule has 1 saturated heterocycles. The average molecular weight is 419 g/mol. The number of aromatic nitrogens is 1. The Kier molecular flexibility index (Phi) is 5.22. The van der Waals surface area contributed by atoms with Gasteiger partial charge in [0, 0.05) is 35.2 Å². The van der Waals surface area contributed by atoms with E-state index in [9.17, 15) is 9.90 Å². The lowest BCUT2D eigenvalue weighted by atomic mass is 9.91. The number of nitrogens with zero attached hydrogens (tertiary/aromatic N) is 1. The molecule has 162 valence electrons. The van der Waals surface area contributed by atoms with Crippen LogP contribution in [0.4, 0.5) is 0 Å². The van der Waals surface area contributed by atoms with Crippen LogP contribution in [0.2, 0.25) is 0 Å². The van der Waals surface area contributed by atoms with Gasteiger partial charge in [-0.2, -0.15) is 0 Å². The molecular formula is C26H30N2O3. The second-order valence-corrected chi connectivity index (χ2v) is 9.05. The number of carbonyl (C=O) groups is 1. The van der Waals surface area contributed by atoms with Crippen molar-refractivity contribution < 1.29 is 14.6 Å². The standard InChI is InChI=1S/C26H30N2O3/c1-16-13-21(17-6-7-17)22(19-10-11-27-25(16)19)15-28-12-4-3-5-23(28)20-9-8-18(26(29)30)14-24(20)31-2/h8-11,13-14,17,23,27H,3-7,12,15H2,1-2H3,(H,29,30)/t23-/m0/s1. The summed E-state index contributed by atoms with van der Waals surface area (Å²) in [4.78, 5) is 17.4. The number of hydrogen-bond donors (Lipinski definition) is 2. The van der Waals surface area contributed by atoms with Gasteiger partial charge in [-0.15, -0.1) is 0 Å². The summed E-state index contributed by atoms with van der Waals surface area (Å²) in [5, 5.41) is 10.7. The summed E-state index contributed by atoms with van der Waals surface area (Å²) < 4.78 is 5.64. The Morgan fingerprint density at radius 2 is 2.00 bits per heavy atom. The van der Waals surface area contributed by atoms with E-state index >= 15 is 0 Å². The maximum absolute atomic E-state index is 11.4. The maximum atomic E-state index is 11.4. The van der Waals surface area contributed by atoms with Gasteiger partial charge in [-0.3, -0.25) is 4.90 Å². The molecule has 0 unspecified atom stereocenters. The fourth-order valence-electron chi connectivity index (χ4n) is 5.29. The molecule has 1 atom stereocenters. The number of H-pyrrole nitrogens is 1. The number of benzene rings is 2. The summed E-state index contributed by atoms with van der Waals surface area (Å²) in [5.41, 5.74) is 6.91. The Balaban J connectivity index is 1.53. The van der Waals surface area contributed by atoms with E-state index in [4.69, 9.17) is 4.74 Å². The van der Waals surface area contributed by atoms with Gasteiger partial charge in [0.15, 0.2) is 0 Å². The molecule has 5 rings (SSSR count). The zero-order valence-corrected chi connectivity index (χ0v) is 18.3. The van der Waals surface area contributed by atoms with E-state index in [0.717, 1.165) is 25.1 Å². The molecule has 1 aromatic heterocycles. The van der Waals surface area contributed by atoms with E-state index in [1.807, 2.05) is 6.07 Å². The molecule has 1 aliphatic carbocycles. The highest BCUT2D eigenvalue weighted by molar-refractivity contribution is 5.88. The zero-order valence-electron chi connectivity index (χ0n) is 18.3. The predicted octanol–water partition coefficient (Wildman–Crippen LogP) is 5.79. The summed E-state index contributed by atoms with van der Waals surface area (Å²) in [5.74, 6) is 0.449. The molecule has 5 nitrogen and oxygen atoms in total. The minimum atomic E-state index is -0.922. The van der Waals surface area contributed by atoms with Crippen LogP contribution in [0.3, 0.4) is 0 Å². The molecule has 0 amide bonds. The van der Waals surface area contributed by atoms with Crippen LogP contribution in [-0.2, 0) is 6.54 Å². The monoisotopic (exact) mass is 418 g/mol. The summed E-state index contributed by atoms with van der Waals surface area (Å²) in [7, 11) is 1.63. The summed E-state index contributed by atoms with van der Waals surface area (Å²) in [6.45, 7) is 4.15. The van der Waals surface area contributed by atoms with E-state index in [-0.39, 0.29) is 11.6 Å². The van der Waals surface area contributed by atoms with Crippen LogP contribution in [0.15, 0.2) is 36.5 Å². The lowest BCUT2D eigenvalue weighted by Gasteiger charge is -2.37. The molecule has 2 fully saturated rings. The highest BCUT2D eigenvalue weighted by Gasteiger charge is 2.31. The molecule has 2 aliphatic rings. The van der Waals surface area contributed by atoms with Crippen molar-refractivity contribution >= 4 is 16.9 Å². The largest absolute Gasteiger partial charge is 0.496 e. The Morgan fingerprint density at radius 3 is 2.74 bits per heavy atom. The van der Waals surface area contributed by atoms with Crippen molar-refractivity contribution in [2.24, 2.45) is 0 Å². The Bertz CT molecular complexity index is 1130. The van der Waals surface area contributed by atoms with Gasteiger partial charge in [-0.1, -0.05) is 18.6 Å². The number of aryl methyl sites for hydroxylation is 1. The van der Waals surface area contributed by atoms with Crippen LogP contribution in [0.25, 0.3) is 10.9 Å². The van der Waals surface area contributed by atoms with Crippen molar-refractivity contribution in [3.63, 3.8) is 0 Å². The zero-order chi connectivity index (χ0) is 21.5. The van der Waals surface area contributed by atoms with Gasteiger partial charge in [0.1, 0.15) is 5.75 Å². The van der Waals surface area contributed by atoms with E-state index in [1.54, 1.807) is 19.2 Å². The number of ether oxygens (including phenoxy) is 1. The van der Waals surface area contributed by atoms with Crippen molar-refractivity contribution in [1.82, 2.24) is 9.88 Å². The van der Waals surface area contributed by atoms with Crippen molar-refractivity contribution in [2.45, 2.75) is 57.5 Å². The average Bonchev–Trinajstić information content (AvgIpc) is 3.50. The van der Waals surface area contributed by atoms with Gasteiger partial charge in [0.05, 0.1) is 12.7 Å². The highest BCUT2D eigenvalue weighted by atomic mass is 16.5. The molecule has 2 heterocycles. The summed E-state index contributed by atoms with van der Waals surface area (Å²) >= 11 is 0. The number of hydrogen-bond acceptors (Lipinski definition) is 3. The number of piperidine rings is 1. The molecule has 2 N–H and O–H groups in total. The number of fused-ring (bicyclic) bond motifs is 1. The number of likely N-dealkylation sites (tertiary alicyclic amines) is 1. The second kappa shape index (κ2) is 8.04. The van der Waals surface area contributed by atoms with E-state index in [1.165, 1.54) is 53.3 Å². The van der Waals surface area contributed by atoms with Crippen LogP contribution in [0, 0.1) is 6.92 Å². The third kappa shape index (κ3) is 3.72. The molecular weight excluding hydrogens is 388 g/mol. The number of nitrogens with one attached hydrogen (secondary N) is 1. The molecule has 3 aromatic rings. The number of aromatic amines is 1. The van der Waals surface area contributed by atoms with Crippen LogP contribution < -0.4 is 4.74 Å². The molecule has 2 aromatic carbocycles. The summed E-state index contributed by atoms with van der Waals surface area (Å²) in [6, 6.07) is 10.2. The lowest BCUT2D eigenvalue weighted by molar-refractivity contribution is 0.0696. The maximum Gasteiger partial charge on any atom is 0.335 e. The number of rotatable bonds is 6. The Labute approximate surface area is 183 Å². The van der Waals surface area contributed by atoms with Crippen LogP contribution in [-0.4, -0.2) is 34.6 Å². The van der Waals surface area contributed by atoms with E-state index in [2.05, 4.69) is 35.1 Å². The normalized spacial score (nSPS) is 19.6. The SMILES string of the molecule is COc1cc(C(=O)O)ccc1[C@@H]1CCCCN1Cc1c(C2CC2)cc(C)c2[nH]ccc12. The second-order valence-electron chi connectivity index (χ2n) is 9.05. The van der Waals surface area contributed by atoms with Gasteiger partial charge in [0.2, 0.25) is 0 Å². The topological polar surface area (TPSA) is 65.6 Å². The molecule has 0 bridgehead atoms. The van der Waals surface area contributed by atoms with Crippen LogP contribution >= 0.6 is 0 Å². The highest BCUT2D eigenvalue weighted by Crippen LogP contribution is 2.45. The quantitative estimate of drug-likeness (QED) is 0.532. The van der Waals surface area contributed by atoms with Crippen molar-refractivity contribution in [2.75, 3.05) is 13.7 Å². The van der Waals surface area contributed by atoms with Crippen molar-refractivity contribution in [1.29, 1.82) is 0 Å². The minimum absolute atomic E-state index is 0.230. The number of methoxy groups -OCH3 is 1. The third-order valence-electron chi connectivity index (χ3n) is 7.02. The number of carboxylic acids is 1. The van der Waals surface area contributed by atoms with Crippen molar-refractivity contribution in [3.05, 3.63) is 64.3 Å². The lowest BCUT2D eigenvalue weighted by Crippen LogP contribution is -2.33.